The summed E-state index contributed by atoms with van der Waals surface area (Å²) in [7, 11) is -10.5. The average molecular weight is 352 g/mol. The second-order valence-corrected chi connectivity index (χ2v) is 7.68. The Kier molecular flexibility index (Phi) is 5.96. The number of benzene rings is 2. The van der Waals surface area contributed by atoms with Crippen LogP contribution in [0.5, 0.6) is 0 Å². The summed E-state index contributed by atoms with van der Waals surface area (Å²) in [5.74, 6) is 0. The molecular weight excluding hydrogens is 339 g/mol. The van der Waals surface area contributed by atoms with Crippen molar-refractivity contribution < 1.29 is 25.9 Å². The Balaban J connectivity index is 0.00000242. The predicted molar refractivity (Wildman–Crippen MR) is 83.9 cm³/mol. The van der Waals surface area contributed by atoms with Gasteiger partial charge in [-0.05, 0) is 11.1 Å². The van der Waals surface area contributed by atoms with Crippen molar-refractivity contribution in [1.29, 1.82) is 0 Å². The minimum atomic E-state index is -5.23. The molecule has 0 saturated carbocycles. The summed E-state index contributed by atoms with van der Waals surface area (Å²) < 4.78 is 63.9. The van der Waals surface area contributed by atoms with Crippen molar-refractivity contribution in [2.75, 3.05) is 0 Å². The number of hydrogen-bond acceptors (Lipinski definition) is 4. The van der Waals surface area contributed by atoms with Crippen LogP contribution in [-0.2, 0) is 24.3 Å². The molecule has 2 N–H and O–H groups in total. The second-order valence-electron chi connectivity index (χ2n) is 4.30. The monoisotopic (exact) mass is 352 g/mol. The van der Waals surface area contributed by atoms with Crippen molar-refractivity contribution in [1.82, 2.24) is 0 Å². The van der Waals surface area contributed by atoms with Crippen LogP contribution >= 0.6 is 0 Å². The predicted octanol–water partition coefficient (Wildman–Crippen LogP) is 1.01. The van der Waals surface area contributed by atoms with Gasteiger partial charge in [-0.1, -0.05) is 60.7 Å². The molecule has 0 saturated heterocycles. The van der Waals surface area contributed by atoms with Crippen molar-refractivity contribution in [2.45, 2.75) is 4.08 Å². The summed E-state index contributed by atoms with van der Waals surface area (Å²) in [6.07, 6.45) is 0. The Bertz CT molecular complexity index is 759. The van der Waals surface area contributed by atoms with Gasteiger partial charge in [0.05, 0.1) is 0 Å². The first-order chi connectivity index (χ1) is 9.71. The molecule has 0 aromatic heterocycles. The zero-order valence-corrected chi connectivity index (χ0v) is 12.3. The van der Waals surface area contributed by atoms with E-state index in [0.717, 1.165) is 0 Å². The number of rotatable bonds is 4. The van der Waals surface area contributed by atoms with Gasteiger partial charge in [0.15, 0.2) is 0 Å². The molecule has 22 heavy (non-hydrogen) atoms. The molecule has 0 aliphatic rings. The molecule has 2 rings (SSSR count). The van der Waals surface area contributed by atoms with E-state index in [1.807, 2.05) is 0 Å². The summed E-state index contributed by atoms with van der Waals surface area (Å²) in [4.78, 5) is 0. The average Bonchev–Trinajstić information content (AvgIpc) is 2.38. The first kappa shape index (κ1) is 19.3. The van der Waals surface area contributed by atoms with Gasteiger partial charge in [-0.3, -0.25) is 9.11 Å². The molecule has 2 aromatic carbocycles. The quantitative estimate of drug-likeness (QED) is 0.628. The third-order valence-corrected chi connectivity index (χ3v) is 6.69. The van der Waals surface area contributed by atoms with Gasteiger partial charge < -0.3 is 0 Å². The molecule has 0 aliphatic heterocycles. The Hall–Kier alpha value is -0.740. The zero-order chi connectivity index (χ0) is 15.7. The van der Waals surface area contributed by atoms with E-state index in [1.165, 1.54) is 48.5 Å². The Morgan fingerprint density at radius 3 is 1.14 bits per heavy atom. The van der Waals surface area contributed by atoms with Gasteiger partial charge in [-0.15, -0.1) is 0 Å². The van der Waals surface area contributed by atoms with E-state index < -0.39 is 24.3 Å². The molecule has 6 nitrogen and oxygen atoms in total. The van der Waals surface area contributed by atoms with Crippen molar-refractivity contribution in [3.05, 3.63) is 71.8 Å². The van der Waals surface area contributed by atoms with Gasteiger partial charge in [-0.25, -0.2) is 0 Å². The summed E-state index contributed by atoms with van der Waals surface area (Å²) >= 11 is 0. The number of hydrogen-bond donors (Lipinski definition) is 2. The first-order valence-corrected chi connectivity index (χ1v) is 8.64. The second kappa shape index (κ2) is 6.79. The molecule has 0 fully saturated rings. The van der Waals surface area contributed by atoms with Crippen molar-refractivity contribution >= 4 is 49.8 Å². The molecule has 0 amide bonds. The molecule has 9 heteroatoms. The molecule has 114 valence electrons. The Morgan fingerprint density at radius 1 is 0.636 bits per heavy atom. The standard InChI is InChI=1S/C13H12O6S2.Na.H/c14-20(15,16)13(21(17,18)19,11-7-3-1-4-8-11)12-9-5-2-6-10-12;;/h1-10H,(H,14,15,16)(H,17,18,19);;. The molecule has 0 atom stereocenters. The van der Waals surface area contributed by atoms with Crippen LogP contribution in [0.4, 0.5) is 0 Å². The van der Waals surface area contributed by atoms with Crippen molar-refractivity contribution in [3.8, 4) is 0 Å². The van der Waals surface area contributed by atoms with Crippen molar-refractivity contribution in [3.63, 3.8) is 0 Å². The molecule has 0 radical (unpaired) electrons. The molecule has 2 aromatic rings. The summed E-state index contributed by atoms with van der Waals surface area (Å²) in [5, 5.41) is 0. The molecule has 0 unspecified atom stereocenters. The van der Waals surface area contributed by atoms with Gasteiger partial charge in [0.1, 0.15) is 0 Å². The van der Waals surface area contributed by atoms with E-state index in [9.17, 15) is 25.9 Å². The maximum atomic E-state index is 11.9. The van der Waals surface area contributed by atoms with E-state index in [2.05, 4.69) is 0 Å². The van der Waals surface area contributed by atoms with Crippen LogP contribution in [0.2, 0.25) is 0 Å². The van der Waals surface area contributed by atoms with E-state index in [1.54, 1.807) is 12.1 Å². The van der Waals surface area contributed by atoms with E-state index in [0.29, 0.717) is 0 Å². The third kappa shape index (κ3) is 3.13. The topological polar surface area (TPSA) is 109 Å². The molecule has 0 aliphatic carbocycles. The summed E-state index contributed by atoms with van der Waals surface area (Å²) in [5.41, 5.74) is -0.553. The Labute approximate surface area is 151 Å². The summed E-state index contributed by atoms with van der Waals surface area (Å²) in [6.45, 7) is 0. The normalized spacial score (nSPS) is 12.5. The SMILES string of the molecule is O=S(=O)(O)C(c1ccccc1)(c1ccccc1)S(=O)(=O)O.[NaH]. The van der Waals surface area contributed by atoms with Gasteiger partial charge in [0.2, 0.25) is 0 Å². The van der Waals surface area contributed by atoms with Crippen LogP contribution in [0.15, 0.2) is 60.7 Å². The van der Waals surface area contributed by atoms with Crippen molar-refractivity contribution in [2.24, 2.45) is 0 Å². The van der Waals surface area contributed by atoms with Crippen LogP contribution in [0.25, 0.3) is 0 Å². The fourth-order valence-corrected chi connectivity index (χ4v) is 5.01. The van der Waals surface area contributed by atoms with E-state index >= 15 is 0 Å². The minimum absolute atomic E-state index is 0. The molecular formula is C13H13NaO6S2. The molecule has 0 heterocycles. The van der Waals surface area contributed by atoms with Crippen LogP contribution in [0, 0.1) is 0 Å². The summed E-state index contributed by atoms with van der Waals surface area (Å²) in [6, 6.07) is 13.5. The van der Waals surface area contributed by atoms with Crippen LogP contribution < -0.4 is 0 Å². The van der Waals surface area contributed by atoms with E-state index in [-0.39, 0.29) is 40.7 Å². The molecule has 0 spiro atoms. The zero-order valence-electron chi connectivity index (χ0n) is 10.6. The van der Waals surface area contributed by atoms with Crippen LogP contribution in [0.1, 0.15) is 11.1 Å². The van der Waals surface area contributed by atoms with Gasteiger partial charge in [0, 0.05) is 0 Å². The fourth-order valence-electron chi connectivity index (χ4n) is 2.21. The fraction of sp³-hybridized carbons (Fsp3) is 0.0769. The van der Waals surface area contributed by atoms with Gasteiger partial charge in [-0.2, -0.15) is 16.8 Å². The van der Waals surface area contributed by atoms with Gasteiger partial charge >= 0.3 is 29.6 Å². The maximum absolute atomic E-state index is 11.9. The third-order valence-electron chi connectivity index (χ3n) is 3.03. The Morgan fingerprint density at radius 2 is 0.909 bits per heavy atom. The van der Waals surface area contributed by atoms with Crippen LogP contribution in [0.3, 0.4) is 0 Å². The van der Waals surface area contributed by atoms with Crippen LogP contribution in [-0.4, -0.2) is 55.5 Å². The van der Waals surface area contributed by atoms with Gasteiger partial charge in [0.25, 0.3) is 24.3 Å². The molecule has 0 bridgehead atoms. The van der Waals surface area contributed by atoms with E-state index in [4.69, 9.17) is 0 Å². The first-order valence-electron chi connectivity index (χ1n) is 5.76.